The number of piperidine rings is 1. The fraction of sp³-hybridized carbons (Fsp3) is 0.455. The Morgan fingerprint density at radius 2 is 1.68 bits per heavy atom. The molecule has 3 aromatic rings. The number of para-hydroxylation sites is 1. The lowest BCUT2D eigenvalue weighted by atomic mass is 9.68. The first-order valence-electron chi connectivity index (χ1n) is 14.2. The fourth-order valence-corrected chi connectivity index (χ4v) is 6.30. The van der Waals surface area contributed by atoms with E-state index in [2.05, 4.69) is 60.4 Å². The predicted octanol–water partition coefficient (Wildman–Crippen LogP) is 7.04. The molecule has 5 rings (SSSR count). The number of aryl methyl sites for hydroxylation is 1. The number of nitrogens with zero attached hydrogens (tertiary/aromatic N) is 1. The lowest BCUT2D eigenvalue weighted by molar-refractivity contribution is 0.144. The molecule has 37 heavy (non-hydrogen) atoms. The topological polar surface area (TPSA) is 58.7 Å². The van der Waals surface area contributed by atoms with E-state index in [9.17, 15) is 5.11 Å². The molecule has 1 atom stereocenters. The maximum Gasteiger partial charge on any atom is 0.122 e. The molecule has 1 aliphatic carbocycles. The van der Waals surface area contributed by atoms with E-state index in [0.717, 1.165) is 36.4 Å². The predicted molar refractivity (Wildman–Crippen MR) is 153 cm³/mol. The quantitative estimate of drug-likeness (QED) is 0.350. The van der Waals surface area contributed by atoms with Gasteiger partial charge >= 0.3 is 0 Å². The van der Waals surface area contributed by atoms with Crippen molar-refractivity contribution < 1.29 is 9.84 Å². The zero-order chi connectivity index (χ0) is 25.7. The first-order valence-corrected chi connectivity index (χ1v) is 14.2. The zero-order valence-electron chi connectivity index (χ0n) is 22.3. The van der Waals surface area contributed by atoms with Gasteiger partial charge in [0.25, 0.3) is 0 Å². The summed E-state index contributed by atoms with van der Waals surface area (Å²) in [6.45, 7) is 4.89. The number of aliphatic hydroxyl groups excluding tert-OH is 1. The van der Waals surface area contributed by atoms with Crippen LogP contribution in [0.5, 0.6) is 5.75 Å². The Labute approximate surface area is 222 Å². The second-order valence-corrected chi connectivity index (χ2v) is 11.1. The van der Waals surface area contributed by atoms with Crippen molar-refractivity contribution in [2.45, 2.75) is 70.9 Å². The van der Waals surface area contributed by atoms with E-state index in [-0.39, 0.29) is 12.6 Å². The van der Waals surface area contributed by atoms with Gasteiger partial charge in [-0.15, -0.1) is 0 Å². The van der Waals surface area contributed by atoms with Crippen LogP contribution in [0.3, 0.4) is 0 Å². The maximum absolute atomic E-state index is 9.59. The van der Waals surface area contributed by atoms with Crippen molar-refractivity contribution in [2.24, 2.45) is 11.1 Å². The van der Waals surface area contributed by atoms with Gasteiger partial charge < -0.3 is 20.5 Å². The monoisotopic (exact) mass is 498 g/mol. The highest BCUT2D eigenvalue weighted by Gasteiger charge is 2.35. The van der Waals surface area contributed by atoms with Gasteiger partial charge in [0.05, 0.1) is 12.6 Å². The normalized spacial score (nSPS) is 18.1. The molecule has 1 saturated heterocycles. The summed E-state index contributed by atoms with van der Waals surface area (Å²) in [5.74, 6) is 0.963. The van der Waals surface area contributed by atoms with Gasteiger partial charge in [-0.1, -0.05) is 62.6 Å². The Bertz CT molecular complexity index is 1170. The lowest BCUT2D eigenvalue weighted by Crippen LogP contribution is -2.41. The molecule has 0 radical (unpaired) electrons. The average Bonchev–Trinajstić information content (AvgIpc) is 2.96. The molecule has 196 valence electrons. The van der Waals surface area contributed by atoms with Crippen LogP contribution in [0.15, 0.2) is 66.7 Å². The summed E-state index contributed by atoms with van der Waals surface area (Å²) < 4.78 is 6.35. The van der Waals surface area contributed by atoms with Crippen LogP contribution in [0.2, 0.25) is 0 Å². The molecule has 3 N–H and O–H groups in total. The Hall–Kier alpha value is -2.82. The molecule has 0 bridgehead atoms. The standard InChI is InChI=1S/C33H42N2O2/c1-2-26-9-4-5-12-32(26)37-24-25-19-29(27-10-8-11-28(21-27)31(34)23-36)22-30(20-25)35-17-15-33(16-18-35)13-6-3-7-14-33/h4-5,8-12,19-22,31,36H,2-3,6-7,13-18,23-24,34H2,1H3/t31-/m1/s1. The van der Waals surface area contributed by atoms with Crippen LogP contribution in [-0.4, -0.2) is 24.8 Å². The molecule has 1 aliphatic heterocycles. The van der Waals surface area contributed by atoms with Crippen LogP contribution in [0.1, 0.15) is 74.6 Å². The molecule has 0 amide bonds. The van der Waals surface area contributed by atoms with Gasteiger partial charge in [-0.2, -0.15) is 0 Å². The Morgan fingerprint density at radius 3 is 2.43 bits per heavy atom. The molecule has 4 heteroatoms. The summed E-state index contributed by atoms with van der Waals surface area (Å²) in [5, 5.41) is 9.59. The van der Waals surface area contributed by atoms with Gasteiger partial charge in [-0.25, -0.2) is 0 Å². The van der Waals surface area contributed by atoms with Gasteiger partial charge in [0.1, 0.15) is 12.4 Å². The second kappa shape index (κ2) is 11.7. The van der Waals surface area contributed by atoms with Gasteiger partial charge in [-0.05, 0) is 95.7 Å². The third kappa shape index (κ3) is 6.02. The van der Waals surface area contributed by atoms with E-state index in [1.807, 2.05) is 18.2 Å². The van der Waals surface area contributed by atoms with Crippen molar-refractivity contribution in [3.05, 3.63) is 83.4 Å². The number of hydrogen-bond acceptors (Lipinski definition) is 4. The van der Waals surface area contributed by atoms with Crippen LogP contribution in [0.4, 0.5) is 5.69 Å². The van der Waals surface area contributed by atoms with Crippen molar-refractivity contribution in [1.82, 2.24) is 0 Å². The van der Waals surface area contributed by atoms with Crippen LogP contribution in [0.25, 0.3) is 11.1 Å². The number of nitrogens with two attached hydrogens (primary N) is 1. The Morgan fingerprint density at radius 1 is 0.892 bits per heavy atom. The molecule has 1 spiro atoms. The lowest BCUT2D eigenvalue weighted by Gasteiger charge is -2.45. The maximum atomic E-state index is 9.59. The third-order valence-corrected chi connectivity index (χ3v) is 8.67. The Kier molecular flexibility index (Phi) is 8.17. The summed E-state index contributed by atoms with van der Waals surface area (Å²) >= 11 is 0. The summed E-state index contributed by atoms with van der Waals surface area (Å²) in [4.78, 5) is 2.58. The smallest absolute Gasteiger partial charge is 0.122 e. The minimum Gasteiger partial charge on any atom is -0.489 e. The van der Waals surface area contributed by atoms with Crippen LogP contribution >= 0.6 is 0 Å². The number of benzene rings is 3. The number of ether oxygens (including phenoxy) is 1. The molecule has 1 heterocycles. The van der Waals surface area contributed by atoms with Gasteiger partial charge in [0.2, 0.25) is 0 Å². The highest BCUT2D eigenvalue weighted by atomic mass is 16.5. The molecular weight excluding hydrogens is 456 g/mol. The van der Waals surface area contributed by atoms with E-state index < -0.39 is 0 Å². The van der Waals surface area contributed by atoms with E-state index in [4.69, 9.17) is 10.5 Å². The molecule has 2 aliphatic rings. The van der Waals surface area contributed by atoms with E-state index in [1.165, 1.54) is 67.3 Å². The third-order valence-electron chi connectivity index (χ3n) is 8.67. The van der Waals surface area contributed by atoms with E-state index >= 15 is 0 Å². The second-order valence-electron chi connectivity index (χ2n) is 11.1. The summed E-state index contributed by atoms with van der Waals surface area (Å²) in [6, 6.07) is 23.1. The van der Waals surface area contributed by atoms with Crippen molar-refractivity contribution in [3.8, 4) is 16.9 Å². The largest absolute Gasteiger partial charge is 0.489 e. The number of hydrogen-bond donors (Lipinski definition) is 2. The van der Waals surface area contributed by atoms with Crippen molar-refractivity contribution >= 4 is 5.69 Å². The van der Waals surface area contributed by atoms with Gasteiger partial charge in [0, 0.05) is 18.8 Å². The first-order chi connectivity index (χ1) is 18.1. The van der Waals surface area contributed by atoms with Crippen molar-refractivity contribution in [3.63, 3.8) is 0 Å². The molecular formula is C33H42N2O2. The van der Waals surface area contributed by atoms with Crippen molar-refractivity contribution in [2.75, 3.05) is 24.6 Å². The highest BCUT2D eigenvalue weighted by Crippen LogP contribution is 2.45. The minimum atomic E-state index is -0.370. The average molecular weight is 499 g/mol. The molecule has 2 fully saturated rings. The SMILES string of the molecule is CCc1ccccc1OCc1cc(-c2cccc([C@H](N)CO)c2)cc(N2CCC3(CCCCC3)CC2)c1. The molecule has 1 saturated carbocycles. The number of aliphatic hydroxyl groups is 1. The fourth-order valence-electron chi connectivity index (χ4n) is 6.30. The number of anilines is 1. The molecule has 3 aromatic carbocycles. The van der Waals surface area contributed by atoms with Crippen LogP contribution in [0, 0.1) is 5.41 Å². The summed E-state index contributed by atoms with van der Waals surface area (Å²) in [6.07, 6.45) is 10.6. The minimum absolute atomic E-state index is 0.0606. The van der Waals surface area contributed by atoms with E-state index in [0.29, 0.717) is 12.0 Å². The highest BCUT2D eigenvalue weighted by molar-refractivity contribution is 5.70. The molecule has 4 nitrogen and oxygen atoms in total. The van der Waals surface area contributed by atoms with Crippen molar-refractivity contribution in [1.29, 1.82) is 0 Å². The Balaban J connectivity index is 1.43. The zero-order valence-corrected chi connectivity index (χ0v) is 22.3. The van der Waals surface area contributed by atoms with Crippen LogP contribution < -0.4 is 15.4 Å². The molecule has 0 aromatic heterocycles. The first kappa shape index (κ1) is 25.8. The van der Waals surface area contributed by atoms with Crippen LogP contribution in [-0.2, 0) is 13.0 Å². The van der Waals surface area contributed by atoms with E-state index in [1.54, 1.807) is 0 Å². The van der Waals surface area contributed by atoms with Gasteiger partial charge in [0.15, 0.2) is 0 Å². The van der Waals surface area contributed by atoms with Gasteiger partial charge in [-0.3, -0.25) is 0 Å². The summed E-state index contributed by atoms with van der Waals surface area (Å²) in [7, 11) is 0. The number of rotatable bonds is 8. The summed E-state index contributed by atoms with van der Waals surface area (Å²) in [5.41, 5.74) is 13.7. The molecule has 0 unspecified atom stereocenters.